The van der Waals surface area contributed by atoms with Crippen molar-refractivity contribution in [1.29, 1.82) is 0 Å². The average molecular weight is 357 g/mol. The highest BCUT2D eigenvalue weighted by Crippen LogP contribution is 2.30. The Morgan fingerprint density at radius 1 is 1.19 bits per heavy atom. The zero-order chi connectivity index (χ0) is 18.2. The Balaban J connectivity index is 1.34. The van der Waals surface area contributed by atoms with Crippen LogP contribution in [0.1, 0.15) is 56.6 Å². The quantitative estimate of drug-likeness (QED) is 0.736. The van der Waals surface area contributed by atoms with Gasteiger partial charge in [0.1, 0.15) is 0 Å². The van der Waals surface area contributed by atoms with Crippen LogP contribution in [-0.4, -0.2) is 42.1 Å². The molecule has 3 rings (SSSR count). The molecule has 0 bridgehead atoms. The number of nitrogens with one attached hydrogen (secondary N) is 1. The van der Waals surface area contributed by atoms with Crippen molar-refractivity contribution in [3.8, 4) is 0 Å². The number of carbonyl (C=O) groups excluding carboxylic acids is 1. The van der Waals surface area contributed by atoms with Crippen LogP contribution in [0, 0.1) is 5.92 Å². The molecule has 0 spiro atoms. The number of aliphatic hydroxyl groups is 1. The average Bonchev–Trinajstić information content (AvgIpc) is 2.69. The molecule has 26 heavy (non-hydrogen) atoms. The lowest BCUT2D eigenvalue weighted by atomic mass is 9.87. The van der Waals surface area contributed by atoms with Crippen molar-refractivity contribution in [2.24, 2.45) is 5.92 Å². The highest BCUT2D eigenvalue weighted by Gasteiger charge is 2.26. The van der Waals surface area contributed by atoms with Gasteiger partial charge in [0.2, 0.25) is 5.91 Å². The maximum Gasteiger partial charge on any atom is 0.234 e. The maximum absolute atomic E-state index is 12.2. The first-order valence-electron chi connectivity index (χ1n) is 10.1. The Kier molecular flexibility index (Phi) is 7.27. The Bertz CT molecular complexity index is 591. The molecule has 0 saturated carbocycles. The fourth-order valence-corrected chi connectivity index (χ4v) is 4.10. The van der Waals surface area contributed by atoms with Gasteiger partial charge in [0.15, 0.2) is 0 Å². The molecule has 0 aromatic heterocycles. The van der Waals surface area contributed by atoms with Gasteiger partial charge in [-0.05, 0) is 69.5 Å². The minimum atomic E-state index is -0.393. The molecule has 4 heteroatoms. The second-order valence-corrected chi connectivity index (χ2v) is 7.68. The maximum atomic E-state index is 12.2. The molecule has 1 amide bonds. The molecule has 1 atom stereocenters. The lowest BCUT2D eigenvalue weighted by molar-refractivity contribution is -0.122. The van der Waals surface area contributed by atoms with Crippen LogP contribution in [0.5, 0.6) is 0 Å². The number of rotatable bonds is 7. The summed E-state index contributed by atoms with van der Waals surface area (Å²) in [5, 5.41) is 13.6. The second kappa shape index (κ2) is 9.89. The van der Waals surface area contributed by atoms with E-state index in [1.165, 1.54) is 31.3 Å². The van der Waals surface area contributed by atoms with E-state index in [4.69, 9.17) is 0 Å². The number of hydrogen-bond acceptors (Lipinski definition) is 3. The number of piperidine rings is 1. The first-order chi connectivity index (χ1) is 12.7. The summed E-state index contributed by atoms with van der Waals surface area (Å²) in [7, 11) is 0. The zero-order valence-electron chi connectivity index (χ0n) is 15.7. The summed E-state index contributed by atoms with van der Waals surface area (Å²) in [6.07, 6.45) is 9.84. The van der Waals surface area contributed by atoms with Crippen molar-refractivity contribution >= 4 is 5.91 Å². The standard InChI is InChI=1S/C22H32N2O2/c25-21(23-14-11-18-7-3-1-4-8-18)17-24-15-12-20(13-16-24)22(26)19-9-5-2-6-10-19/h2,5-7,9-10,20,22,26H,1,3-4,8,11-17H2,(H,23,25). The van der Waals surface area contributed by atoms with E-state index in [2.05, 4.69) is 16.3 Å². The minimum absolute atomic E-state index is 0.128. The van der Waals surface area contributed by atoms with Crippen molar-refractivity contribution in [2.75, 3.05) is 26.2 Å². The van der Waals surface area contributed by atoms with E-state index in [0.29, 0.717) is 6.54 Å². The molecule has 1 aromatic carbocycles. The third kappa shape index (κ3) is 5.68. The first-order valence-corrected chi connectivity index (χ1v) is 10.1. The number of likely N-dealkylation sites (tertiary alicyclic amines) is 1. The Morgan fingerprint density at radius 2 is 1.96 bits per heavy atom. The molecule has 4 nitrogen and oxygen atoms in total. The van der Waals surface area contributed by atoms with Crippen LogP contribution in [0.2, 0.25) is 0 Å². The predicted octanol–water partition coefficient (Wildman–Crippen LogP) is 3.44. The third-order valence-corrected chi connectivity index (χ3v) is 5.74. The van der Waals surface area contributed by atoms with Crippen LogP contribution in [0.15, 0.2) is 42.0 Å². The molecule has 1 aromatic rings. The van der Waals surface area contributed by atoms with E-state index in [1.54, 1.807) is 0 Å². The lowest BCUT2D eigenvalue weighted by Crippen LogP contribution is -2.42. The minimum Gasteiger partial charge on any atom is -0.388 e. The number of carbonyl (C=O) groups is 1. The smallest absolute Gasteiger partial charge is 0.234 e. The van der Waals surface area contributed by atoms with Crippen LogP contribution < -0.4 is 5.32 Å². The first kappa shape index (κ1) is 19.1. The molecule has 1 saturated heterocycles. The summed E-state index contributed by atoms with van der Waals surface area (Å²) in [5.41, 5.74) is 2.51. The van der Waals surface area contributed by atoms with Gasteiger partial charge >= 0.3 is 0 Å². The highest BCUT2D eigenvalue weighted by molar-refractivity contribution is 5.78. The van der Waals surface area contributed by atoms with Crippen LogP contribution in [0.25, 0.3) is 0 Å². The molecular formula is C22H32N2O2. The van der Waals surface area contributed by atoms with Crippen molar-refractivity contribution in [3.05, 3.63) is 47.5 Å². The van der Waals surface area contributed by atoms with Crippen molar-refractivity contribution < 1.29 is 9.90 Å². The van der Waals surface area contributed by atoms with E-state index >= 15 is 0 Å². The van der Waals surface area contributed by atoms with E-state index < -0.39 is 6.10 Å². The Labute approximate surface area is 157 Å². The lowest BCUT2D eigenvalue weighted by Gasteiger charge is -2.34. The van der Waals surface area contributed by atoms with Gasteiger partial charge in [0.25, 0.3) is 0 Å². The molecule has 142 valence electrons. The molecule has 1 unspecified atom stereocenters. The van der Waals surface area contributed by atoms with Crippen LogP contribution in [0.3, 0.4) is 0 Å². The van der Waals surface area contributed by atoms with Gasteiger partial charge in [-0.3, -0.25) is 9.69 Å². The third-order valence-electron chi connectivity index (χ3n) is 5.74. The Morgan fingerprint density at radius 3 is 2.65 bits per heavy atom. The van der Waals surface area contributed by atoms with E-state index in [0.717, 1.165) is 44.5 Å². The fourth-order valence-electron chi connectivity index (χ4n) is 4.10. The molecule has 1 heterocycles. The molecule has 1 fully saturated rings. The van der Waals surface area contributed by atoms with Crippen LogP contribution in [-0.2, 0) is 4.79 Å². The van der Waals surface area contributed by atoms with Gasteiger partial charge < -0.3 is 10.4 Å². The SMILES string of the molecule is O=C(CN1CCC(C(O)c2ccccc2)CC1)NCCC1=CCCCC1. The number of benzene rings is 1. The number of allylic oxidation sites excluding steroid dienone is 1. The van der Waals surface area contributed by atoms with Crippen LogP contribution in [0.4, 0.5) is 0 Å². The highest BCUT2D eigenvalue weighted by atomic mass is 16.3. The number of amides is 1. The normalized spacial score (nSPS) is 20.4. The van der Waals surface area contributed by atoms with E-state index in [9.17, 15) is 9.90 Å². The largest absolute Gasteiger partial charge is 0.388 e. The van der Waals surface area contributed by atoms with E-state index in [-0.39, 0.29) is 11.8 Å². The van der Waals surface area contributed by atoms with Crippen molar-refractivity contribution in [1.82, 2.24) is 10.2 Å². The van der Waals surface area contributed by atoms with Gasteiger partial charge in [0.05, 0.1) is 12.6 Å². The molecule has 2 N–H and O–H groups in total. The van der Waals surface area contributed by atoms with E-state index in [1.807, 2.05) is 30.3 Å². The number of aliphatic hydroxyl groups excluding tert-OH is 1. The fraction of sp³-hybridized carbons (Fsp3) is 0.591. The van der Waals surface area contributed by atoms with Gasteiger partial charge in [0, 0.05) is 6.54 Å². The van der Waals surface area contributed by atoms with Crippen LogP contribution >= 0.6 is 0 Å². The van der Waals surface area contributed by atoms with Crippen molar-refractivity contribution in [2.45, 2.75) is 51.0 Å². The molecule has 1 aliphatic heterocycles. The van der Waals surface area contributed by atoms with Gasteiger partial charge in [-0.2, -0.15) is 0 Å². The molecule has 2 aliphatic rings. The monoisotopic (exact) mass is 356 g/mol. The zero-order valence-corrected chi connectivity index (χ0v) is 15.7. The summed E-state index contributed by atoms with van der Waals surface area (Å²) < 4.78 is 0. The molecular weight excluding hydrogens is 324 g/mol. The second-order valence-electron chi connectivity index (χ2n) is 7.68. The molecule has 0 radical (unpaired) electrons. The van der Waals surface area contributed by atoms with Gasteiger partial charge in [-0.15, -0.1) is 0 Å². The number of hydrogen-bond donors (Lipinski definition) is 2. The summed E-state index contributed by atoms with van der Waals surface area (Å²) in [5.74, 6) is 0.415. The van der Waals surface area contributed by atoms with Gasteiger partial charge in [-0.25, -0.2) is 0 Å². The Hall–Kier alpha value is -1.65. The van der Waals surface area contributed by atoms with Crippen molar-refractivity contribution in [3.63, 3.8) is 0 Å². The summed E-state index contributed by atoms with van der Waals surface area (Å²) in [6, 6.07) is 9.91. The molecule has 1 aliphatic carbocycles. The number of nitrogens with zero attached hydrogens (tertiary/aromatic N) is 1. The van der Waals surface area contributed by atoms with Gasteiger partial charge in [-0.1, -0.05) is 42.0 Å². The topological polar surface area (TPSA) is 52.6 Å². The summed E-state index contributed by atoms with van der Waals surface area (Å²) in [4.78, 5) is 14.4. The predicted molar refractivity (Wildman–Crippen MR) is 105 cm³/mol. The summed E-state index contributed by atoms with van der Waals surface area (Å²) in [6.45, 7) is 3.00. The summed E-state index contributed by atoms with van der Waals surface area (Å²) >= 11 is 0.